The van der Waals surface area contributed by atoms with Crippen molar-refractivity contribution in [2.45, 2.75) is 284 Å². The lowest BCUT2D eigenvalue weighted by atomic mass is 10.1. The third kappa shape index (κ3) is 60.6. The summed E-state index contributed by atoms with van der Waals surface area (Å²) in [6, 6.07) is 0. The molecule has 0 bridgehead atoms. The molecule has 1 atom stereocenters. The fraction of sp³-hybridized carbons (Fsp3) is 0.667. The number of hydrogen-bond donors (Lipinski definition) is 0. The van der Waals surface area contributed by atoms with Gasteiger partial charge in [-0.15, -0.1) is 0 Å². The summed E-state index contributed by atoms with van der Waals surface area (Å²) in [5.41, 5.74) is 0. The smallest absolute Gasteiger partial charge is 0.306 e. The minimum absolute atomic E-state index is 0.0938. The summed E-state index contributed by atoms with van der Waals surface area (Å²) in [4.78, 5) is 38.2. The minimum Gasteiger partial charge on any atom is -0.462 e. The quantitative estimate of drug-likeness (QED) is 0.0261. The van der Waals surface area contributed by atoms with Crippen LogP contribution in [0.5, 0.6) is 0 Å². The number of carbonyl (C=O) groups excluding carboxylic acids is 3. The molecule has 0 radical (unpaired) electrons. The predicted octanol–water partition coefficient (Wildman–Crippen LogP) is 21.2. The lowest BCUT2D eigenvalue weighted by Gasteiger charge is -2.18. The molecule has 426 valence electrons. The first-order valence-corrected chi connectivity index (χ1v) is 31.0. The molecule has 6 heteroatoms. The SMILES string of the molecule is CC/C=C\C/C=C\C/C=C\C/C=C\C/C=C\C/C=C\C/C=C\CCCCCCCC(=O)OCC(COC(=O)CCCCCCC/C=C\CCCCCC)OC(=O)CCCCCCCCC/C=C\C/C=C\CCCCC. The van der Waals surface area contributed by atoms with Gasteiger partial charge in [0.1, 0.15) is 13.2 Å². The van der Waals surface area contributed by atoms with Crippen molar-refractivity contribution in [3.05, 3.63) is 122 Å². The molecule has 0 rings (SSSR count). The standard InChI is InChI=1S/C69H114O6/c1-4-7-10-13-16-19-22-25-27-29-30-31-32-33-34-35-36-37-38-40-41-44-47-50-53-56-59-62-68(71)74-65-66(64-73-67(70)61-58-55-52-49-46-43-24-21-18-15-12-9-6-3)75-69(72)63-60-57-54-51-48-45-42-39-28-26-23-20-17-14-11-8-5-2/h7,10,16-17,19-21,24-28,30-31,33-34,36-37,40-41,66H,4-6,8-9,11-15,18,22-23,29,32,35,38-39,42-65H2,1-3H3/b10-7-,19-16-,20-17-,24-21-,27-25-,28-26-,31-30-,34-33-,37-36-,41-40-. The molecule has 0 spiro atoms. The van der Waals surface area contributed by atoms with Gasteiger partial charge in [-0.3, -0.25) is 14.4 Å². The first kappa shape index (κ1) is 70.8. The molecule has 0 aliphatic carbocycles. The second-order valence-electron chi connectivity index (χ2n) is 20.2. The van der Waals surface area contributed by atoms with Crippen LogP contribution >= 0.6 is 0 Å². The molecule has 0 aliphatic rings. The van der Waals surface area contributed by atoms with Gasteiger partial charge in [0.2, 0.25) is 0 Å². The molecule has 0 aromatic heterocycles. The van der Waals surface area contributed by atoms with Crippen molar-refractivity contribution in [1.29, 1.82) is 0 Å². The fourth-order valence-electron chi connectivity index (χ4n) is 8.27. The van der Waals surface area contributed by atoms with Crippen LogP contribution in [0.3, 0.4) is 0 Å². The summed E-state index contributed by atoms with van der Waals surface area (Å²) in [5, 5.41) is 0. The molecule has 1 unspecified atom stereocenters. The lowest BCUT2D eigenvalue weighted by molar-refractivity contribution is -0.167. The average Bonchev–Trinajstić information content (AvgIpc) is 3.41. The molecule has 0 saturated carbocycles. The van der Waals surface area contributed by atoms with Crippen LogP contribution in [-0.4, -0.2) is 37.2 Å². The minimum atomic E-state index is -0.798. The molecule has 0 aliphatic heterocycles. The fourth-order valence-corrected chi connectivity index (χ4v) is 8.27. The Kier molecular flexibility index (Phi) is 58.9. The van der Waals surface area contributed by atoms with Crippen LogP contribution in [0.4, 0.5) is 0 Å². The monoisotopic (exact) mass is 1040 g/mol. The van der Waals surface area contributed by atoms with E-state index in [1.54, 1.807) is 0 Å². The Bertz CT molecular complexity index is 1570. The van der Waals surface area contributed by atoms with Crippen molar-refractivity contribution in [2.75, 3.05) is 13.2 Å². The lowest BCUT2D eigenvalue weighted by Crippen LogP contribution is -2.30. The highest BCUT2D eigenvalue weighted by molar-refractivity contribution is 5.71. The number of rotatable bonds is 55. The summed E-state index contributed by atoms with van der Waals surface area (Å²) in [6.07, 6.45) is 86.2. The van der Waals surface area contributed by atoms with Gasteiger partial charge in [-0.2, -0.15) is 0 Å². The number of allylic oxidation sites excluding steroid dienone is 20. The van der Waals surface area contributed by atoms with E-state index in [1.165, 1.54) is 96.3 Å². The molecule has 0 fully saturated rings. The maximum Gasteiger partial charge on any atom is 0.306 e. The van der Waals surface area contributed by atoms with E-state index in [0.29, 0.717) is 19.3 Å². The maximum absolute atomic E-state index is 12.9. The summed E-state index contributed by atoms with van der Waals surface area (Å²) in [6.45, 7) is 6.46. The number of ether oxygens (including phenoxy) is 3. The Morgan fingerprint density at radius 2 is 0.520 bits per heavy atom. The Hall–Kier alpha value is -4.19. The van der Waals surface area contributed by atoms with Gasteiger partial charge < -0.3 is 14.2 Å². The molecular weight excluding hydrogens is 925 g/mol. The third-order valence-electron chi connectivity index (χ3n) is 12.9. The number of hydrogen-bond acceptors (Lipinski definition) is 6. The molecular formula is C69H114O6. The number of unbranched alkanes of at least 4 members (excludes halogenated alkanes) is 24. The van der Waals surface area contributed by atoms with Crippen molar-refractivity contribution in [2.24, 2.45) is 0 Å². The summed E-state index contributed by atoms with van der Waals surface area (Å²) in [5.74, 6) is -0.928. The second-order valence-corrected chi connectivity index (χ2v) is 20.2. The predicted molar refractivity (Wildman–Crippen MR) is 325 cm³/mol. The normalized spacial score (nSPS) is 12.9. The highest BCUT2D eigenvalue weighted by atomic mass is 16.6. The highest BCUT2D eigenvalue weighted by Crippen LogP contribution is 2.14. The van der Waals surface area contributed by atoms with Crippen molar-refractivity contribution in [3.8, 4) is 0 Å². The van der Waals surface area contributed by atoms with Gasteiger partial charge in [0.25, 0.3) is 0 Å². The number of carbonyl (C=O) groups is 3. The van der Waals surface area contributed by atoms with Crippen molar-refractivity contribution < 1.29 is 28.6 Å². The van der Waals surface area contributed by atoms with E-state index in [4.69, 9.17) is 14.2 Å². The van der Waals surface area contributed by atoms with Crippen LogP contribution < -0.4 is 0 Å². The summed E-state index contributed by atoms with van der Waals surface area (Å²) in [7, 11) is 0. The van der Waals surface area contributed by atoms with Crippen LogP contribution in [0.25, 0.3) is 0 Å². The molecule has 0 aromatic rings. The maximum atomic E-state index is 12.9. The Morgan fingerprint density at radius 3 is 0.853 bits per heavy atom. The van der Waals surface area contributed by atoms with Crippen LogP contribution in [0, 0.1) is 0 Å². The van der Waals surface area contributed by atoms with Gasteiger partial charge in [0.05, 0.1) is 0 Å². The van der Waals surface area contributed by atoms with Gasteiger partial charge >= 0.3 is 17.9 Å². The Morgan fingerprint density at radius 1 is 0.280 bits per heavy atom. The first-order valence-electron chi connectivity index (χ1n) is 31.0. The highest BCUT2D eigenvalue weighted by Gasteiger charge is 2.19. The van der Waals surface area contributed by atoms with E-state index in [0.717, 1.165) is 141 Å². The zero-order valence-corrected chi connectivity index (χ0v) is 48.8. The zero-order valence-electron chi connectivity index (χ0n) is 48.8. The molecule has 75 heavy (non-hydrogen) atoms. The molecule has 0 saturated heterocycles. The largest absolute Gasteiger partial charge is 0.462 e. The van der Waals surface area contributed by atoms with Crippen molar-refractivity contribution in [1.82, 2.24) is 0 Å². The zero-order chi connectivity index (χ0) is 54.3. The molecule has 0 amide bonds. The van der Waals surface area contributed by atoms with E-state index in [1.807, 2.05) is 0 Å². The molecule has 0 aromatic carbocycles. The summed E-state index contributed by atoms with van der Waals surface area (Å²) < 4.78 is 16.9. The van der Waals surface area contributed by atoms with E-state index >= 15 is 0 Å². The van der Waals surface area contributed by atoms with Crippen LogP contribution in [0.15, 0.2) is 122 Å². The van der Waals surface area contributed by atoms with Crippen molar-refractivity contribution in [3.63, 3.8) is 0 Å². The molecule has 0 heterocycles. The Labute approximate surface area is 462 Å². The Balaban J connectivity index is 4.40. The second kappa shape index (κ2) is 62.4. The van der Waals surface area contributed by atoms with Crippen molar-refractivity contribution >= 4 is 17.9 Å². The van der Waals surface area contributed by atoms with Gasteiger partial charge in [0.15, 0.2) is 6.10 Å². The van der Waals surface area contributed by atoms with Crippen LogP contribution in [-0.2, 0) is 28.6 Å². The number of esters is 3. The molecule has 6 nitrogen and oxygen atoms in total. The molecule has 0 N–H and O–H groups in total. The first-order chi connectivity index (χ1) is 37.0. The van der Waals surface area contributed by atoms with E-state index in [-0.39, 0.29) is 31.1 Å². The van der Waals surface area contributed by atoms with Crippen LogP contribution in [0.1, 0.15) is 278 Å². The van der Waals surface area contributed by atoms with Gasteiger partial charge in [-0.05, 0) is 135 Å². The van der Waals surface area contributed by atoms with E-state index < -0.39 is 6.10 Å². The third-order valence-corrected chi connectivity index (χ3v) is 12.9. The topological polar surface area (TPSA) is 78.9 Å². The summed E-state index contributed by atoms with van der Waals surface area (Å²) >= 11 is 0. The van der Waals surface area contributed by atoms with Crippen LogP contribution in [0.2, 0.25) is 0 Å². The van der Waals surface area contributed by atoms with E-state index in [9.17, 15) is 14.4 Å². The average molecular weight is 1040 g/mol. The van der Waals surface area contributed by atoms with Gasteiger partial charge in [0, 0.05) is 19.3 Å². The van der Waals surface area contributed by atoms with Gasteiger partial charge in [-0.25, -0.2) is 0 Å². The van der Waals surface area contributed by atoms with Gasteiger partial charge in [-0.1, -0.05) is 245 Å². The van der Waals surface area contributed by atoms with E-state index in [2.05, 4.69) is 142 Å².